The molecule has 0 bridgehead atoms. The van der Waals surface area contributed by atoms with Crippen molar-refractivity contribution in [2.24, 2.45) is 11.1 Å². The number of rotatable bonds is 3. The van der Waals surface area contributed by atoms with E-state index >= 15 is 0 Å². The van der Waals surface area contributed by atoms with Crippen LogP contribution in [0.1, 0.15) is 18.4 Å². The van der Waals surface area contributed by atoms with E-state index in [1.807, 2.05) is 0 Å². The highest BCUT2D eigenvalue weighted by atomic mass is 79.9. The first-order chi connectivity index (χ1) is 9.17. The van der Waals surface area contributed by atoms with E-state index in [9.17, 15) is 18.0 Å². The number of hydrogen-bond acceptors (Lipinski definition) is 2. The van der Waals surface area contributed by atoms with Crippen LogP contribution >= 0.6 is 28.1 Å². The molecule has 3 nitrogen and oxygen atoms in total. The van der Waals surface area contributed by atoms with Gasteiger partial charge in [0.05, 0.1) is 16.0 Å². The normalized spacial score (nSPS) is 16.6. The molecule has 0 heterocycles. The molecule has 0 radical (unpaired) electrons. The Kier molecular flexibility index (Phi) is 3.81. The van der Waals surface area contributed by atoms with E-state index in [1.54, 1.807) is 0 Å². The molecule has 0 atom stereocenters. The van der Waals surface area contributed by atoms with Gasteiger partial charge in [-0.1, -0.05) is 28.1 Å². The fourth-order valence-electron chi connectivity index (χ4n) is 1.78. The maximum atomic E-state index is 12.8. The third-order valence-corrected chi connectivity index (χ3v) is 4.27. The lowest BCUT2D eigenvalue weighted by Crippen LogP contribution is -2.35. The lowest BCUT2D eigenvalue weighted by Gasteiger charge is -2.15. The third-order valence-electron chi connectivity index (χ3n) is 3.19. The van der Waals surface area contributed by atoms with Crippen LogP contribution in [-0.4, -0.2) is 10.9 Å². The van der Waals surface area contributed by atoms with Crippen molar-refractivity contribution in [3.63, 3.8) is 0 Å². The molecule has 108 valence electrons. The molecule has 1 aromatic rings. The van der Waals surface area contributed by atoms with Gasteiger partial charge in [0.1, 0.15) is 0 Å². The van der Waals surface area contributed by atoms with Crippen LogP contribution in [0.2, 0.25) is 0 Å². The number of carbonyl (C=O) groups excluding carboxylic acids is 1. The first-order valence-electron chi connectivity index (χ1n) is 5.65. The van der Waals surface area contributed by atoms with Crippen LogP contribution in [0.3, 0.4) is 0 Å². The molecule has 0 aliphatic heterocycles. The number of halogens is 4. The van der Waals surface area contributed by atoms with Gasteiger partial charge >= 0.3 is 6.18 Å². The smallest absolute Gasteiger partial charge is 0.392 e. The summed E-state index contributed by atoms with van der Waals surface area (Å²) in [7, 11) is 0. The van der Waals surface area contributed by atoms with Crippen LogP contribution in [0.5, 0.6) is 0 Å². The number of anilines is 1. The number of amides is 1. The van der Waals surface area contributed by atoms with Crippen molar-refractivity contribution in [3.05, 3.63) is 28.2 Å². The van der Waals surface area contributed by atoms with Crippen molar-refractivity contribution in [3.8, 4) is 0 Å². The summed E-state index contributed by atoms with van der Waals surface area (Å²) in [6, 6.07) is 3.49. The van der Waals surface area contributed by atoms with Gasteiger partial charge in [0.25, 0.3) is 0 Å². The quantitative estimate of drug-likeness (QED) is 0.805. The lowest BCUT2D eigenvalue weighted by atomic mass is 10.1. The Balaban J connectivity index is 2.23. The summed E-state index contributed by atoms with van der Waals surface area (Å²) >= 11 is 7.66. The SMILES string of the molecule is NC(=S)C1(C(=O)Nc2ccc(Br)c(C(F)(F)F)c2)CC1. The van der Waals surface area contributed by atoms with Gasteiger partial charge in [0.15, 0.2) is 0 Å². The van der Waals surface area contributed by atoms with Gasteiger partial charge in [0.2, 0.25) is 5.91 Å². The summed E-state index contributed by atoms with van der Waals surface area (Å²) in [6.45, 7) is 0. The Morgan fingerprint density at radius 1 is 1.40 bits per heavy atom. The monoisotopic (exact) mass is 366 g/mol. The van der Waals surface area contributed by atoms with Crippen molar-refractivity contribution in [1.82, 2.24) is 0 Å². The minimum absolute atomic E-state index is 0.0630. The van der Waals surface area contributed by atoms with Crippen LogP contribution in [0, 0.1) is 5.41 Å². The van der Waals surface area contributed by atoms with E-state index in [2.05, 4.69) is 21.2 Å². The molecular weight excluding hydrogens is 357 g/mol. The van der Waals surface area contributed by atoms with Gasteiger partial charge in [-0.15, -0.1) is 0 Å². The molecular formula is C12H10BrF3N2OS. The van der Waals surface area contributed by atoms with Gasteiger partial charge < -0.3 is 11.1 Å². The maximum Gasteiger partial charge on any atom is 0.417 e. The highest BCUT2D eigenvalue weighted by Crippen LogP contribution is 2.47. The van der Waals surface area contributed by atoms with Crippen molar-refractivity contribution in [1.29, 1.82) is 0 Å². The maximum absolute atomic E-state index is 12.8. The van der Waals surface area contributed by atoms with Crippen LogP contribution in [0.15, 0.2) is 22.7 Å². The van der Waals surface area contributed by atoms with Gasteiger partial charge in [-0.25, -0.2) is 0 Å². The third kappa shape index (κ3) is 2.80. The van der Waals surface area contributed by atoms with Crippen LogP contribution in [0.25, 0.3) is 0 Å². The zero-order valence-corrected chi connectivity index (χ0v) is 12.5. The second-order valence-electron chi connectivity index (χ2n) is 4.59. The average molecular weight is 367 g/mol. The number of nitrogens with two attached hydrogens (primary N) is 1. The highest BCUT2D eigenvalue weighted by molar-refractivity contribution is 9.10. The molecule has 1 saturated carbocycles. The van der Waals surface area contributed by atoms with Crippen LogP contribution in [0.4, 0.5) is 18.9 Å². The zero-order chi connectivity index (χ0) is 15.1. The number of alkyl halides is 3. The summed E-state index contributed by atoms with van der Waals surface area (Å²) in [5.74, 6) is -0.458. The van der Waals surface area contributed by atoms with E-state index in [0.29, 0.717) is 12.8 Å². The molecule has 3 N–H and O–H groups in total. The van der Waals surface area contributed by atoms with Crippen molar-refractivity contribution in [2.75, 3.05) is 5.32 Å². The van der Waals surface area contributed by atoms with E-state index in [4.69, 9.17) is 18.0 Å². The summed E-state index contributed by atoms with van der Waals surface area (Å²) in [5.41, 5.74) is 3.80. The summed E-state index contributed by atoms with van der Waals surface area (Å²) in [5, 5.41) is 2.44. The summed E-state index contributed by atoms with van der Waals surface area (Å²) in [6.07, 6.45) is -3.45. The Labute approximate surface area is 126 Å². The zero-order valence-electron chi connectivity index (χ0n) is 10.1. The molecule has 1 aromatic carbocycles. The summed E-state index contributed by atoms with van der Waals surface area (Å²) < 4.78 is 38.2. The fraction of sp³-hybridized carbons (Fsp3) is 0.333. The van der Waals surface area contributed by atoms with Gasteiger partial charge in [0, 0.05) is 10.2 Å². The number of carbonyl (C=O) groups is 1. The van der Waals surface area contributed by atoms with E-state index in [0.717, 1.165) is 6.07 Å². The molecule has 1 amide bonds. The van der Waals surface area contributed by atoms with Crippen molar-refractivity contribution < 1.29 is 18.0 Å². The first kappa shape index (κ1) is 15.2. The molecule has 8 heteroatoms. The van der Waals surface area contributed by atoms with Gasteiger partial charge in [-0.3, -0.25) is 4.79 Å². The van der Waals surface area contributed by atoms with E-state index in [1.165, 1.54) is 12.1 Å². The highest BCUT2D eigenvalue weighted by Gasteiger charge is 2.52. The lowest BCUT2D eigenvalue weighted by molar-refractivity contribution is -0.138. The van der Waals surface area contributed by atoms with E-state index < -0.39 is 23.1 Å². The standard InChI is InChI=1S/C12H10BrF3N2OS/c13-8-2-1-6(5-7(8)12(14,15)16)18-10(19)11(3-4-11)9(17)20/h1-2,5H,3-4H2,(H2,17,20)(H,18,19). The molecule has 0 aromatic heterocycles. The Morgan fingerprint density at radius 3 is 2.45 bits per heavy atom. The van der Waals surface area contributed by atoms with Gasteiger partial charge in [-0.2, -0.15) is 13.2 Å². The molecule has 0 saturated heterocycles. The van der Waals surface area contributed by atoms with E-state index in [-0.39, 0.29) is 15.1 Å². The Bertz CT molecular complexity index is 585. The number of nitrogens with one attached hydrogen (secondary N) is 1. The molecule has 0 spiro atoms. The topological polar surface area (TPSA) is 55.1 Å². The Hall–Kier alpha value is -1.15. The average Bonchev–Trinajstić information content (AvgIpc) is 3.11. The second kappa shape index (κ2) is 5.00. The number of thiocarbonyl (C=S) groups is 1. The predicted octanol–water partition coefficient (Wildman–Crippen LogP) is 3.47. The van der Waals surface area contributed by atoms with Crippen molar-refractivity contribution >= 4 is 44.7 Å². The number of benzene rings is 1. The molecule has 1 fully saturated rings. The summed E-state index contributed by atoms with van der Waals surface area (Å²) in [4.78, 5) is 12.1. The molecule has 2 rings (SSSR count). The van der Waals surface area contributed by atoms with Gasteiger partial charge in [-0.05, 0) is 31.0 Å². The molecule has 1 aliphatic carbocycles. The fourth-order valence-corrected chi connectivity index (χ4v) is 2.55. The van der Waals surface area contributed by atoms with Crippen LogP contribution < -0.4 is 11.1 Å². The first-order valence-corrected chi connectivity index (χ1v) is 6.85. The molecule has 20 heavy (non-hydrogen) atoms. The van der Waals surface area contributed by atoms with Crippen molar-refractivity contribution in [2.45, 2.75) is 19.0 Å². The Morgan fingerprint density at radius 2 is 2.00 bits per heavy atom. The minimum atomic E-state index is -4.50. The minimum Gasteiger partial charge on any atom is -0.392 e. The largest absolute Gasteiger partial charge is 0.417 e. The predicted molar refractivity (Wildman–Crippen MR) is 76.2 cm³/mol. The molecule has 0 unspecified atom stereocenters. The molecule has 1 aliphatic rings. The van der Waals surface area contributed by atoms with Crippen LogP contribution in [-0.2, 0) is 11.0 Å². The number of hydrogen-bond donors (Lipinski definition) is 2. The second-order valence-corrected chi connectivity index (χ2v) is 5.89.